The van der Waals surface area contributed by atoms with Crippen molar-refractivity contribution in [1.29, 1.82) is 0 Å². The van der Waals surface area contributed by atoms with Gasteiger partial charge in [-0.15, -0.1) is 0 Å². The first-order chi connectivity index (χ1) is 8.39. The van der Waals surface area contributed by atoms with Crippen LogP contribution in [-0.2, 0) is 18.2 Å². The molecule has 2 atom stereocenters. The normalized spacial score (nSPS) is 16.6. The molecule has 0 aliphatic rings. The lowest BCUT2D eigenvalue weighted by molar-refractivity contribution is -0.0268. The summed E-state index contributed by atoms with van der Waals surface area (Å²) in [5.41, 5.74) is 1.87. The van der Waals surface area contributed by atoms with Crippen LogP contribution in [0.25, 0.3) is 0 Å². The summed E-state index contributed by atoms with van der Waals surface area (Å²) in [6.07, 6.45) is 1.75. The quantitative estimate of drug-likeness (QED) is 0.865. The van der Waals surface area contributed by atoms with E-state index in [-0.39, 0.29) is 11.6 Å². The number of nitrogens with zero attached hydrogens (tertiary/aromatic N) is 2. The third kappa shape index (κ3) is 2.87. The Kier molecular flexibility index (Phi) is 5.20. The Bertz CT molecular complexity index is 399. The Labute approximate surface area is 115 Å². The molecule has 0 saturated carbocycles. The van der Waals surface area contributed by atoms with E-state index in [1.54, 1.807) is 11.8 Å². The smallest absolute Gasteiger partial charge is 0.130 e. The summed E-state index contributed by atoms with van der Waals surface area (Å²) in [5, 5.41) is 8.39. The zero-order chi connectivity index (χ0) is 13.9. The highest BCUT2D eigenvalue weighted by Crippen LogP contribution is 2.26. The fraction of sp³-hybridized carbons (Fsp3) is 0.769. The predicted molar refractivity (Wildman–Crippen MR) is 75.2 cm³/mol. The van der Waals surface area contributed by atoms with Crippen LogP contribution in [0.15, 0.2) is 0 Å². The van der Waals surface area contributed by atoms with Gasteiger partial charge in [-0.2, -0.15) is 5.10 Å². The highest BCUT2D eigenvalue weighted by molar-refractivity contribution is 6.30. The molecule has 1 aromatic heterocycles. The van der Waals surface area contributed by atoms with E-state index in [4.69, 9.17) is 16.3 Å². The van der Waals surface area contributed by atoms with Gasteiger partial charge in [0.15, 0.2) is 0 Å². The van der Waals surface area contributed by atoms with Gasteiger partial charge in [-0.3, -0.25) is 4.68 Å². The SMILES string of the molecule is CCC(C)(OC)C(Cc1c(C)nn(C)c1Cl)NC. The van der Waals surface area contributed by atoms with Gasteiger partial charge in [-0.25, -0.2) is 0 Å². The van der Waals surface area contributed by atoms with Crippen molar-refractivity contribution in [1.82, 2.24) is 15.1 Å². The molecule has 2 unspecified atom stereocenters. The summed E-state index contributed by atoms with van der Waals surface area (Å²) >= 11 is 6.28. The van der Waals surface area contributed by atoms with Crippen LogP contribution in [0.1, 0.15) is 31.5 Å². The third-order valence-electron chi connectivity index (χ3n) is 3.93. The van der Waals surface area contributed by atoms with Gasteiger partial charge in [0.1, 0.15) is 5.15 Å². The molecule has 0 amide bonds. The standard InChI is InChI=1S/C13H24ClN3O/c1-7-13(3,18-6)11(15-4)8-10-9(2)16-17(5)12(10)14/h11,15H,7-8H2,1-6H3. The van der Waals surface area contributed by atoms with Gasteiger partial charge in [0.2, 0.25) is 0 Å². The van der Waals surface area contributed by atoms with E-state index in [1.165, 1.54) is 0 Å². The average molecular weight is 274 g/mol. The van der Waals surface area contributed by atoms with Gasteiger partial charge in [0.05, 0.1) is 11.3 Å². The number of halogens is 1. The second-order valence-corrected chi connectivity index (χ2v) is 5.25. The zero-order valence-electron chi connectivity index (χ0n) is 12.2. The van der Waals surface area contributed by atoms with Gasteiger partial charge >= 0.3 is 0 Å². The molecule has 4 nitrogen and oxygen atoms in total. The van der Waals surface area contributed by atoms with E-state index < -0.39 is 0 Å². The summed E-state index contributed by atoms with van der Waals surface area (Å²) in [6.45, 7) is 6.24. The van der Waals surface area contributed by atoms with Crippen LogP contribution in [0, 0.1) is 6.92 Å². The van der Waals surface area contributed by atoms with E-state index in [0.29, 0.717) is 5.15 Å². The van der Waals surface area contributed by atoms with Gasteiger partial charge in [-0.05, 0) is 33.7 Å². The minimum absolute atomic E-state index is 0.202. The van der Waals surface area contributed by atoms with Gasteiger partial charge in [-0.1, -0.05) is 18.5 Å². The second kappa shape index (κ2) is 6.04. The lowest BCUT2D eigenvalue weighted by Gasteiger charge is -2.35. The molecule has 0 bridgehead atoms. The summed E-state index contributed by atoms with van der Waals surface area (Å²) in [5.74, 6) is 0. The Balaban J connectivity index is 2.99. The summed E-state index contributed by atoms with van der Waals surface area (Å²) in [6, 6.07) is 0.202. The van der Waals surface area contributed by atoms with Crippen molar-refractivity contribution in [3.8, 4) is 0 Å². The Morgan fingerprint density at radius 2 is 2.17 bits per heavy atom. The number of likely N-dealkylation sites (N-methyl/N-ethyl adjacent to an activating group) is 1. The van der Waals surface area contributed by atoms with Crippen molar-refractivity contribution in [2.24, 2.45) is 7.05 Å². The Morgan fingerprint density at radius 3 is 2.50 bits per heavy atom. The van der Waals surface area contributed by atoms with Crippen molar-refractivity contribution >= 4 is 11.6 Å². The molecule has 5 heteroatoms. The van der Waals surface area contributed by atoms with E-state index >= 15 is 0 Å². The van der Waals surface area contributed by atoms with Crippen LogP contribution in [0.3, 0.4) is 0 Å². The summed E-state index contributed by atoms with van der Waals surface area (Å²) in [7, 11) is 5.57. The summed E-state index contributed by atoms with van der Waals surface area (Å²) < 4.78 is 7.38. The first-order valence-corrected chi connectivity index (χ1v) is 6.67. The van der Waals surface area contributed by atoms with Crippen molar-refractivity contribution in [2.75, 3.05) is 14.2 Å². The fourth-order valence-electron chi connectivity index (χ4n) is 2.27. The molecule has 104 valence electrons. The van der Waals surface area contributed by atoms with E-state index in [9.17, 15) is 0 Å². The van der Waals surface area contributed by atoms with Crippen LogP contribution < -0.4 is 5.32 Å². The lowest BCUT2D eigenvalue weighted by Crippen LogP contribution is -2.49. The van der Waals surface area contributed by atoms with Crippen LogP contribution in [0.2, 0.25) is 5.15 Å². The van der Waals surface area contributed by atoms with Crippen LogP contribution in [0.5, 0.6) is 0 Å². The molecule has 0 fully saturated rings. The maximum atomic E-state index is 6.28. The number of aromatic nitrogens is 2. The van der Waals surface area contributed by atoms with E-state index in [1.807, 2.05) is 21.0 Å². The van der Waals surface area contributed by atoms with Crippen LogP contribution >= 0.6 is 11.6 Å². The number of methoxy groups -OCH3 is 1. The van der Waals surface area contributed by atoms with Crippen LogP contribution in [-0.4, -0.2) is 35.6 Å². The highest BCUT2D eigenvalue weighted by atomic mass is 35.5. The molecule has 0 spiro atoms. The maximum Gasteiger partial charge on any atom is 0.130 e. The van der Waals surface area contributed by atoms with Crippen molar-refractivity contribution in [2.45, 2.75) is 45.3 Å². The molecule has 0 aliphatic heterocycles. The summed E-state index contributed by atoms with van der Waals surface area (Å²) in [4.78, 5) is 0. The van der Waals surface area contributed by atoms with Gasteiger partial charge < -0.3 is 10.1 Å². The third-order valence-corrected chi connectivity index (χ3v) is 4.40. The van der Waals surface area contributed by atoms with Gasteiger partial charge in [0, 0.05) is 25.8 Å². The molecule has 1 N–H and O–H groups in total. The molecular formula is C13H24ClN3O. The number of hydrogen-bond acceptors (Lipinski definition) is 3. The Morgan fingerprint density at radius 1 is 1.56 bits per heavy atom. The second-order valence-electron chi connectivity index (χ2n) is 4.89. The van der Waals surface area contributed by atoms with Crippen molar-refractivity contribution in [3.63, 3.8) is 0 Å². The maximum absolute atomic E-state index is 6.28. The Hall–Kier alpha value is -0.580. The monoisotopic (exact) mass is 273 g/mol. The number of aryl methyl sites for hydroxylation is 2. The first-order valence-electron chi connectivity index (χ1n) is 6.30. The molecule has 0 saturated heterocycles. The average Bonchev–Trinajstić information content (AvgIpc) is 2.60. The molecule has 1 heterocycles. The van der Waals surface area contributed by atoms with Crippen LogP contribution in [0.4, 0.5) is 0 Å². The molecule has 18 heavy (non-hydrogen) atoms. The molecule has 1 aromatic rings. The number of ether oxygens (including phenoxy) is 1. The predicted octanol–water partition coefficient (Wildman–Crippen LogP) is 2.33. The molecular weight excluding hydrogens is 250 g/mol. The van der Waals surface area contributed by atoms with Gasteiger partial charge in [0.25, 0.3) is 0 Å². The minimum atomic E-state index is -0.208. The minimum Gasteiger partial charge on any atom is -0.377 e. The van der Waals surface area contributed by atoms with E-state index in [0.717, 1.165) is 24.1 Å². The largest absolute Gasteiger partial charge is 0.377 e. The highest BCUT2D eigenvalue weighted by Gasteiger charge is 2.32. The first kappa shape index (κ1) is 15.5. The number of hydrogen-bond donors (Lipinski definition) is 1. The molecule has 0 aliphatic carbocycles. The van der Waals surface area contributed by atoms with E-state index in [2.05, 4.69) is 24.3 Å². The topological polar surface area (TPSA) is 39.1 Å². The molecule has 0 radical (unpaired) electrons. The fourth-order valence-corrected chi connectivity index (χ4v) is 2.52. The number of nitrogens with one attached hydrogen (secondary N) is 1. The zero-order valence-corrected chi connectivity index (χ0v) is 12.9. The van der Waals surface area contributed by atoms with Crippen molar-refractivity contribution < 1.29 is 4.74 Å². The number of rotatable bonds is 6. The molecule has 0 aromatic carbocycles. The molecule has 1 rings (SSSR count). The lowest BCUT2D eigenvalue weighted by atomic mass is 9.88. The van der Waals surface area contributed by atoms with Crippen molar-refractivity contribution in [3.05, 3.63) is 16.4 Å².